The Morgan fingerprint density at radius 2 is 1.75 bits per heavy atom. The smallest absolute Gasteiger partial charge is 0.328 e. The Labute approximate surface area is 138 Å². The number of rotatable bonds is 4. The molecule has 122 valence electrons. The third-order valence-corrected chi connectivity index (χ3v) is 3.59. The second-order valence-electron chi connectivity index (χ2n) is 5.34. The molecule has 3 amide bonds. The maximum atomic E-state index is 12.8. The number of urea groups is 1. The first kappa shape index (κ1) is 15.7. The van der Waals surface area contributed by atoms with Crippen LogP contribution in [0.15, 0.2) is 54.2 Å². The molecule has 0 spiro atoms. The van der Waals surface area contributed by atoms with E-state index in [4.69, 9.17) is 4.74 Å². The number of hydrogen-bond donors (Lipinski definition) is 1. The van der Waals surface area contributed by atoms with E-state index < -0.39 is 6.03 Å². The lowest BCUT2D eigenvalue weighted by molar-refractivity contribution is -0.121. The number of halogens is 1. The molecule has 1 aliphatic rings. The van der Waals surface area contributed by atoms with Gasteiger partial charge in [0.25, 0.3) is 5.91 Å². The molecule has 0 saturated carbocycles. The minimum Gasteiger partial charge on any atom is -0.489 e. The Bertz CT molecular complexity index is 798. The van der Waals surface area contributed by atoms with Gasteiger partial charge < -0.3 is 10.1 Å². The molecule has 1 saturated heterocycles. The van der Waals surface area contributed by atoms with Crippen molar-refractivity contribution in [2.75, 3.05) is 7.05 Å². The van der Waals surface area contributed by atoms with E-state index in [2.05, 4.69) is 5.32 Å². The summed E-state index contributed by atoms with van der Waals surface area (Å²) >= 11 is 0. The Hall–Kier alpha value is -3.15. The van der Waals surface area contributed by atoms with E-state index in [-0.39, 0.29) is 17.4 Å². The second kappa shape index (κ2) is 6.54. The van der Waals surface area contributed by atoms with E-state index in [9.17, 15) is 14.0 Å². The minimum atomic E-state index is -0.439. The number of hydrogen-bond acceptors (Lipinski definition) is 3. The van der Waals surface area contributed by atoms with E-state index >= 15 is 0 Å². The van der Waals surface area contributed by atoms with Crippen molar-refractivity contribution >= 4 is 18.0 Å². The molecule has 0 unspecified atom stereocenters. The molecule has 0 radical (unpaired) electrons. The van der Waals surface area contributed by atoms with Crippen molar-refractivity contribution in [2.45, 2.75) is 6.61 Å². The molecule has 3 rings (SSSR count). The summed E-state index contributed by atoms with van der Waals surface area (Å²) in [5, 5.41) is 2.50. The van der Waals surface area contributed by atoms with Crippen molar-refractivity contribution in [1.29, 1.82) is 0 Å². The highest BCUT2D eigenvalue weighted by Gasteiger charge is 2.29. The lowest BCUT2D eigenvalue weighted by Gasteiger charge is -2.06. The largest absolute Gasteiger partial charge is 0.489 e. The molecule has 0 bridgehead atoms. The summed E-state index contributed by atoms with van der Waals surface area (Å²) < 4.78 is 18.5. The summed E-state index contributed by atoms with van der Waals surface area (Å²) in [6, 6.07) is 12.8. The summed E-state index contributed by atoms with van der Waals surface area (Å²) in [6.07, 6.45) is 1.60. The van der Waals surface area contributed by atoms with Gasteiger partial charge in [-0.05, 0) is 41.5 Å². The van der Waals surface area contributed by atoms with Crippen molar-refractivity contribution in [2.24, 2.45) is 0 Å². The number of benzene rings is 2. The van der Waals surface area contributed by atoms with Gasteiger partial charge >= 0.3 is 6.03 Å². The lowest BCUT2D eigenvalue weighted by Crippen LogP contribution is -2.25. The molecule has 5 nitrogen and oxygen atoms in total. The molecule has 2 aromatic rings. The van der Waals surface area contributed by atoms with Crippen LogP contribution in [0.5, 0.6) is 5.75 Å². The highest BCUT2D eigenvalue weighted by Crippen LogP contribution is 2.17. The first-order valence-electron chi connectivity index (χ1n) is 7.31. The fraction of sp³-hybridized carbons (Fsp3) is 0.111. The molecule has 1 N–H and O–H groups in total. The fourth-order valence-electron chi connectivity index (χ4n) is 2.20. The highest BCUT2D eigenvalue weighted by molar-refractivity contribution is 6.13. The Morgan fingerprint density at radius 1 is 1.08 bits per heavy atom. The molecule has 0 aliphatic carbocycles. The molecular formula is C18H15FN2O3. The molecule has 1 heterocycles. The van der Waals surface area contributed by atoms with Crippen LogP contribution in [0, 0.1) is 5.82 Å². The number of likely N-dealkylation sites (N-methyl/N-ethyl adjacent to an activating group) is 1. The van der Waals surface area contributed by atoms with E-state index in [0.29, 0.717) is 12.4 Å². The van der Waals surface area contributed by atoms with Crippen LogP contribution in [0.3, 0.4) is 0 Å². The molecule has 0 atom stereocenters. The van der Waals surface area contributed by atoms with Crippen molar-refractivity contribution in [3.63, 3.8) is 0 Å². The zero-order chi connectivity index (χ0) is 17.1. The third kappa shape index (κ3) is 3.43. The van der Waals surface area contributed by atoms with Crippen LogP contribution in [-0.2, 0) is 11.4 Å². The van der Waals surface area contributed by atoms with Gasteiger partial charge in [0.1, 0.15) is 23.9 Å². The number of nitrogens with one attached hydrogen (secondary N) is 1. The van der Waals surface area contributed by atoms with Crippen LogP contribution >= 0.6 is 0 Å². The highest BCUT2D eigenvalue weighted by atomic mass is 19.1. The zero-order valence-corrected chi connectivity index (χ0v) is 13.0. The standard InChI is InChI=1S/C18H15FN2O3/c1-21-17(22)16(20-18(21)23)10-12-4-8-15(9-5-12)24-11-13-2-6-14(19)7-3-13/h2-10H,11H2,1H3,(H,20,23)/b16-10+. The van der Waals surface area contributed by atoms with Crippen LogP contribution in [0.2, 0.25) is 0 Å². The van der Waals surface area contributed by atoms with Crippen LogP contribution in [0.1, 0.15) is 11.1 Å². The molecule has 0 aromatic heterocycles. The number of nitrogens with zero attached hydrogens (tertiary/aromatic N) is 1. The van der Waals surface area contributed by atoms with Crippen LogP contribution in [0.25, 0.3) is 6.08 Å². The SMILES string of the molecule is CN1C(=O)N/C(=C/c2ccc(OCc3ccc(F)cc3)cc2)C1=O. The first-order chi connectivity index (χ1) is 11.5. The van der Waals surface area contributed by atoms with Gasteiger partial charge in [-0.3, -0.25) is 9.69 Å². The maximum Gasteiger partial charge on any atom is 0.328 e. The Balaban J connectivity index is 1.64. The number of amides is 3. The molecular weight excluding hydrogens is 311 g/mol. The van der Waals surface area contributed by atoms with Gasteiger partial charge in [0, 0.05) is 7.05 Å². The Morgan fingerprint density at radius 3 is 2.33 bits per heavy atom. The fourth-order valence-corrected chi connectivity index (χ4v) is 2.20. The van der Waals surface area contributed by atoms with Crippen molar-refractivity contribution in [3.8, 4) is 5.75 Å². The summed E-state index contributed by atoms with van der Waals surface area (Å²) in [7, 11) is 1.42. The van der Waals surface area contributed by atoms with Gasteiger partial charge in [-0.25, -0.2) is 9.18 Å². The number of imide groups is 1. The average molecular weight is 326 g/mol. The van der Waals surface area contributed by atoms with Gasteiger partial charge in [0.15, 0.2) is 0 Å². The molecule has 1 aliphatic heterocycles. The van der Waals surface area contributed by atoms with Gasteiger partial charge in [-0.2, -0.15) is 0 Å². The maximum absolute atomic E-state index is 12.8. The van der Waals surface area contributed by atoms with Gasteiger partial charge in [0.2, 0.25) is 0 Å². The molecule has 1 fully saturated rings. The zero-order valence-electron chi connectivity index (χ0n) is 13.0. The predicted octanol–water partition coefficient (Wildman–Crippen LogP) is 2.93. The number of carbonyl (C=O) groups is 2. The normalized spacial score (nSPS) is 15.8. The average Bonchev–Trinajstić information content (AvgIpc) is 2.83. The molecule has 2 aromatic carbocycles. The van der Waals surface area contributed by atoms with E-state index in [0.717, 1.165) is 16.0 Å². The summed E-state index contributed by atoms with van der Waals surface area (Å²) in [5.74, 6) is 0.00681. The minimum absolute atomic E-state index is 0.238. The predicted molar refractivity (Wildman–Crippen MR) is 86.5 cm³/mol. The second-order valence-corrected chi connectivity index (χ2v) is 5.34. The Kier molecular flexibility index (Phi) is 4.29. The van der Waals surface area contributed by atoms with Crippen LogP contribution in [0.4, 0.5) is 9.18 Å². The number of ether oxygens (including phenoxy) is 1. The van der Waals surface area contributed by atoms with E-state index in [1.165, 1.54) is 19.2 Å². The lowest BCUT2D eigenvalue weighted by atomic mass is 10.2. The quantitative estimate of drug-likeness (QED) is 0.694. The summed E-state index contributed by atoms with van der Waals surface area (Å²) in [5.41, 5.74) is 1.87. The number of carbonyl (C=O) groups excluding carboxylic acids is 2. The van der Waals surface area contributed by atoms with Crippen molar-refractivity contribution in [1.82, 2.24) is 10.2 Å². The first-order valence-corrected chi connectivity index (χ1v) is 7.31. The van der Waals surface area contributed by atoms with E-state index in [1.807, 2.05) is 0 Å². The topological polar surface area (TPSA) is 58.6 Å². The summed E-state index contributed by atoms with van der Waals surface area (Å²) in [4.78, 5) is 24.2. The molecule has 24 heavy (non-hydrogen) atoms. The third-order valence-electron chi connectivity index (χ3n) is 3.59. The van der Waals surface area contributed by atoms with E-state index in [1.54, 1.807) is 42.5 Å². The van der Waals surface area contributed by atoms with Crippen LogP contribution in [-0.4, -0.2) is 23.9 Å². The van der Waals surface area contributed by atoms with Crippen molar-refractivity contribution < 1.29 is 18.7 Å². The summed E-state index contributed by atoms with van der Waals surface area (Å²) in [6.45, 7) is 0.333. The van der Waals surface area contributed by atoms with Gasteiger partial charge in [-0.1, -0.05) is 24.3 Å². The van der Waals surface area contributed by atoms with Crippen LogP contribution < -0.4 is 10.1 Å². The molecule has 6 heteroatoms. The van der Waals surface area contributed by atoms with Gasteiger partial charge in [-0.15, -0.1) is 0 Å². The van der Waals surface area contributed by atoms with Crippen molar-refractivity contribution in [3.05, 3.63) is 71.2 Å². The monoisotopic (exact) mass is 326 g/mol. The van der Waals surface area contributed by atoms with Gasteiger partial charge in [0.05, 0.1) is 0 Å².